The number of halogens is 1. The number of carbonyl (C=O) groups is 1. The van der Waals surface area contributed by atoms with E-state index >= 15 is 0 Å². The first kappa shape index (κ1) is 14.5. The highest BCUT2D eigenvalue weighted by atomic mass is 19.1. The number of hydrogen-bond donors (Lipinski definition) is 0. The van der Waals surface area contributed by atoms with Gasteiger partial charge in [0.25, 0.3) is 5.91 Å². The van der Waals surface area contributed by atoms with Gasteiger partial charge in [-0.2, -0.15) is 4.98 Å². The van der Waals surface area contributed by atoms with Crippen molar-refractivity contribution in [1.82, 2.24) is 15.0 Å². The lowest BCUT2D eigenvalue weighted by Crippen LogP contribution is -2.29. The molecule has 1 atom stereocenters. The van der Waals surface area contributed by atoms with E-state index < -0.39 is 5.82 Å². The summed E-state index contributed by atoms with van der Waals surface area (Å²) < 4.78 is 24.2. The average molecular weight is 305 g/mol. The number of likely N-dealkylation sites (tertiary alicyclic amines) is 1. The van der Waals surface area contributed by atoms with Crippen molar-refractivity contribution >= 4 is 5.91 Å². The fraction of sp³-hybridized carbons (Fsp3) is 0.400. The Morgan fingerprint density at radius 2 is 2.32 bits per heavy atom. The number of aromatic nitrogens is 2. The minimum absolute atomic E-state index is 0.00109. The van der Waals surface area contributed by atoms with Gasteiger partial charge in [-0.3, -0.25) is 4.79 Å². The zero-order valence-electron chi connectivity index (χ0n) is 12.4. The van der Waals surface area contributed by atoms with Gasteiger partial charge in [-0.25, -0.2) is 4.39 Å². The first-order chi connectivity index (χ1) is 10.6. The van der Waals surface area contributed by atoms with Gasteiger partial charge in [-0.15, -0.1) is 0 Å². The summed E-state index contributed by atoms with van der Waals surface area (Å²) in [5, 5.41) is 3.76. The number of nitrogens with zero attached hydrogens (tertiary/aromatic N) is 3. The molecule has 22 heavy (non-hydrogen) atoms. The van der Waals surface area contributed by atoms with Gasteiger partial charge in [0.15, 0.2) is 17.4 Å². The number of ether oxygens (including phenoxy) is 1. The molecule has 0 bridgehead atoms. The molecule has 0 spiro atoms. The van der Waals surface area contributed by atoms with Crippen molar-refractivity contribution in [3.8, 4) is 5.75 Å². The standard InChI is InChI=1S/C15H16FN3O3/c1-9-17-14(22-18-9)10-6-7-19(8-10)15(20)11-4-3-5-12(21-2)13(11)16/h3-5,10H,6-8H2,1-2H3/t10-/m1/s1. The molecular formula is C15H16FN3O3. The lowest BCUT2D eigenvalue weighted by atomic mass is 10.1. The molecule has 0 unspecified atom stereocenters. The summed E-state index contributed by atoms with van der Waals surface area (Å²) in [5.41, 5.74) is 0.0155. The maximum Gasteiger partial charge on any atom is 0.256 e. The lowest BCUT2D eigenvalue weighted by molar-refractivity contribution is 0.0784. The van der Waals surface area contributed by atoms with E-state index in [1.807, 2.05) is 0 Å². The van der Waals surface area contributed by atoms with Crippen LogP contribution in [0.15, 0.2) is 22.7 Å². The molecule has 0 N–H and O–H groups in total. The van der Waals surface area contributed by atoms with E-state index in [0.717, 1.165) is 6.42 Å². The molecule has 0 aliphatic carbocycles. The summed E-state index contributed by atoms with van der Waals surface area (Å²) in [7, 11) is 1.37. The molecule has 1 aromatic carbocycles. The van der Waals surface area contributed by atoms with Crippen LogP contribution in [0.2, 0.25) is 0 Å². The zero-order valence-corrected chi connectivity index (χ0v) is 12.4. The highest BCUT2D eigenvalue weighted by molar-refractivity contribution is 5.95. The predicted octanol–water partition coefficient (Wildman–Crippen LogP) is 2.16. The van der Waals surface area contributed by atoms with Gasteiger partial charge in [0.2, 0.25) is 5.89 Å². The Kier molecular flexibility index (Phi) is 3.79. The molecule has 1 aliphatic rings. The first-order valence-corrected chi connectivity index (χ1v) is 7.02. The number of hydrogen-bond acceptors (Lipinski definition) is 5. The molecule has 1 aliphatic heterocycles. The van der Waals surface area contributed by atoms with Gasteiger partial charge in [-0.1, -0.05) is 11.2 Å². The molecule has 1 amide bonds. The van der Waals surface area contributed by atoms with Crippen molar-refractivity contribution in [2.45, 2.75) is 19.3 Å². The van der Waals surface area contributed by atoms with Crippen LogP contribution in [0, 0.1) is 12.7 Å². The minimum Gasteiger partial charge on any atom is -0.494 e. The quantitative estimate of drug-likeness (QED) is 0.869. The van der Waals surface area contributed by atoms with E-state index in [-0.39, 0.29) is 23.1 Å². The van der Waals surface area contributed by atoms with Crippen molar-refractivity contribution in [1.29, 1.82) is 0 Å². The largest absolute Gasteiger partial charge is 0.494 e. The molecule has 0 saturated carbocycles. The summed E-state index contributed by atoms with van der Waals surface area (Å²) >= 11 is 0. The minimum atomic E-state index is -0.632. The summed E-state index contributed by atoms with van der Waals surface area (Å²) in [5.74, 6) is 0.174. The van der Waals surface area contributed by atoms with Gasteiger partial charge in [0.05, 0.1) is 18.6 Å². The maximum atomic E-state index is 14.2. The molecule has 6 nitrogen and oxygen atoms in total. The number of benzene rings is 1. The number of methoxy groups -OCH3 is 1. The van der Waals surface area contributed by atoms with Crippen LogP contribution in [-0.2, 0) is 0 Å². The topological polar surface area (TPSA) is 68.5 Å². The van der Waals surface area contributed by atoms with Crippen LogP contribution in [0.3, 0.4) is 0 Å². The van der Waals surface area contributed by atoms with Crippen LogP contribution < -0.4 is 4.74 Å². The van der Waals surface area contributed by atoms with E-state index in [9.17, 15) is 9.18 Å². The van der Waals surface area contributed by atoms with E-state index in [2.05, 4.69) is 10.1 Å². The van der Waals surface area contributed by atoms with E-state index in [1.165, 1.54) is 19.2 Å². The van der Waals surface area contributed by atoms with Crippen molar-refractivity contribution < 1.29 is 18.4 Å². The third-order valence-corrected chi connectivity index (χ3v) is 3.78. The van der Waals surface area contributed by atoms with Gasteiger partial charge < -0.3 is 14.2 Å². The van der Waals surface area contributed by atoms with Crippen LogP contribution in [0.4, 0.5) is 4.39 Å². The summed E-state index contributed by atoms with van der Waals surface area (Å²) in [4.78, 5) is 18.3. The SMILES string of the molecule is COc1cccc(C(=O)N2CC[C@@H](c3nc(C)no3)C2)c1F. The second-order valence-corrected chi connectivity index (χ2v) is 5.24. The first-order valence-electron chi connectivity index (χ1n) is 7.02. The Bertz CT molecular complexity index is 701. The number of amides is 1. The number of rotatable bonds is 3. The third kappa shape index (κ3) is 2.54. The van der Waals surface area contributed by atoms with Crippen molar-refractivity contribution in [2.75, 3.05) is 20.2 Å². The number of carbonyl (C=O) groups excluding carboxylic acids is 1. The smallest absolute Gasteiger partial charge is 0.256 e. The van der Waals surface area contributed by atoms with Gasteiger partial charge in [0, 0.05) is 13.1 Å². The Hall–Kier alpha value is -2.44. The van der Waals surface area contributed by atoms with E-state index in [1.54, 1.807) is 17.9 Å². The highest BCUT2D eigenvalue weighted by Gasteiger charge is 2.32. The molecule has 2 heterocycles. The second kappa shape index (κ2) is 5.75. The molecular weight excluding hydrogens is 289 g/mol. The Morgan fingerprint density at radius 1 is 1.50 bits per heavy atom. The van der Waals surface area contributed by atoms with Crippen molar-refractivity contribution in [3.63, 3.8) is 0 Å². The van der Waals surface area contributed by atoms with Crippen molar-refractivity contribution in [3.05, 3.63) is 41.3 Å². The fourth-order valence-electron chi connectivity index (χ4n) is 2.63. The van der Waals surface area contributed by atoms with Crippen LogP contribution in [0.5, 0.6) is 5.75 Å². The molecule has 2 aromatic rings. The highest BCUT2D eigenvalue weighted by Crippen LogP contribution is 2.28. The Labute approximate surface area is 126 Å². The lowest BCUT2D eigenvalue weighted by Gasteiger charge is -2.17. The maximum absolute atomic E-state index is 14.2. The van der Waals surface area contributed by atoms with Crippen LogP contribution in [0.1, 0.15) is 34.4 Å². The fourth-order valence-corrected chi connectivity index (χ4v) is 2.63. The normalized spacial score (nSPS) is 17.8. The average Bonchev–Trinajstić information content (AvgIpc) is 3.15. The Balaban J connectivity index is 1.77. The molecule has 1 saturated heterocycles. The monoisotopic (exact) mass is 305 g/mol. The van der Waals surface area contributed by atoms with Gasteiger partial charge >= 0.3 is 0 Å². The Morgan fingerprint density at radius 3 is 3.00 bits per heavy atom. The molecule has 7 heteroatoms. The van der Waals surface area contributed by atoms with E-state index in [4.69, 9.17) is 9.26 Å². The second-order valence-electron chi connectivity index (χ2n) is 5.24. The zero-order chi connectivity index (χ0) is 15.7. The molecule has 1 fully saturated rings. The van der Waals surface area contributed by atoms with Crippen LogP contribution in [0.25, 0.3) is 0 Å². The van der Waals surface area contributed by atoms with Gasteiger partial charge in [-0.05, 0) is 25.5 Å². The summed E-state index contributed by atoms with van der Waals surface area (Å²) in [6.45, 7) is 2.72. The van der Waals surface area contributed by atoms with Crippen LogP contribution >= 0.6 is 0 Å². The third-order valence-electron chi connectivity index (χ3n) is 3.78. The van der Waals surface area contributed by atoms with Crippen LogP contribution in [-0.4, -0.2) is 41.1 Å². The molecule has 0 radical (unpaired) electrons. The molecule has 116 valence electrons. The summed E-state index contributed by atoms with van der Waals surface area (Å²) in [6, 6.07) is 4.55. The predicted molar refractivity (Wildman–Crippen MR) is 75.2 cm³/mol. The van der Waals surface area contributed by atoms with Crippen molar-refractivity contribution in [2.24, 2.45) is 0 Å². The molecule has 1 aromatic heterocycles. The summed E-state index contributed by atoms with van der Waals surface area (Å²) in [6.07, 6.45) is 0.721. The van der Waals surface area contributed by atoms with Gasteiger partial charge in [0.1, 0.15) is 0 Å². The number of aryl methyl sites for hydroxylation is 1. The molecule has 3 rings (SSSR count). The van der Waals surface area contributed by atoms with E-state index in [0.29, 0.717) is 24.8 Å².